The average Bonchev–Trinajstić information content (AvgIpc) is 3.04. The number of aromatic nitrogens is 2. The van der Waals surface area contributed by atoms with E-state index in [1.807, 2.05) is 30.3 Å². The van der Waals surface area contributed by atoms with E-state index in [-0.39, 0.29) is 9.24 Å². The van der Waals surface area contributed by atoms with Gasteiger partial charge >= 0.3 is 0 Å². The molecule has 0 saturated carbocycles. The summed E-state index contributed by atoms with van der Waals surface area (Å²) in [5.74, 6) is 0.719. The highest BCUT2D eigenvalue weighted by Gasteiger charge is 2.23. The van der Waals surface area contributed by atoms with Crippen LogP contribution in [-0.4, -0.2) is 18.6 Å². The number of thioether (sulfide) groups is 1. The first-order valence-electron chi connectivity index (χ1n) is 6.56. The predicted molar refractivity (Wildman–Crippen MR) is 92.8 cm³/mol. The fraction of sp³-hybridized carbons (Fsp3) is 0.0667. The second-order valence-electron chi connectivity index (χ2n) is 4.57. The second-order valence-corrected chi connectivity index (χ2v) is 9.33. The Labute approximate surface area is 147 Å². The third kappa shape index (κ3) is 3.92. The summed E-state index contributed by atoms with van der Waals surface area (Å²) in [6, 6.07) is 15.9. The Morgan fingerprint density at radius 2 is 1.70 bits per heavy atom. The molecule has 0 fully saturated rings. The quantitative estimate of drug-likeness (QED) is 0.615. The topological polar surface area (TPSA) is 59.9 Å². The molecular formula is C15H11ClN2O2S3. The summed E-state index contributed by atoms with van der Waals surface area (Å²) in [4.78, 5) is 0.164. The molecule has 1 heterocycles. The van der Waals surface area contributed by atoms with Crippen LogP contribution in [0.3, 0.4) is 0 Å². The molecule has 0 aliphatic rings. The third-order valence-corrected chi connectivity index (χ3v) is 7.46. The van der Waals surface area contributed by atoms with Gasteiger partial charge in [-0.05, 0) is 29.8 Å². The molecule has 0 atom stereocenters. The Bertz CT molecular complexity index is 894. The maximum Gasteiger partial charge on any atom is 0.238 e. The Morgan fingerprint density at radius 1 is 1.00 bits per heavy atom. The summed E-state index contributed by atoms with van der Waals surface area (Å²) < 4.78 is 25.6. The van der Waals surface area contributed by atoms with E-state index in [1.165, 1.54) is 23.9 Å². The summed E-state index contributed by atoms with van der Waals surface area (Å²) in [5.41, 5.74) is 1.15. The number of halogens is 1. The van der Waals surface area contributed by atoms with E-state index < -0.39 is 9.84 Å². The van der Waals surface area contributed by atoms with Gasteiger partial charge in [-0.15, -0.1) is 10.2 Å². The van der Waals surface area contributed by atoms with Crippen LogP contribution in [0.1, 0.15) is 5.56 Å². The van der Waals surface area contributed by atoms with E-state index >= 15 is 0 Å². The highest BCUT2D eigenvalue weighted by atomic mass is 35.5. The molecule has 3 aromatic rings. The van der Waals surface area contributed by atoms with E-state index in [0.717, 1.165) is 22.7 Å². The van der Waals surface area contributed by atoms with Gasteiger partial charge in [0.15, 0.2) is 4.34 Å². The summed E-state index contributed by atoms with van der Waals surface area (Å²) in [6.45, 7) is 0. The molecule has 0 aliphatic heterocycles. The minimum absolute atomic E-state index is 0.00427. The van der Waals surface area contributed by atoms with E-state index in [4.69, 9.17) is 11.6 Å². The third-order valence-electron chi connectivity index (χ3n) is 2.95. The molecule has 0 saturated heterocycles. The lowest BCUT2D eigenvalue weighted by Gasteiger charge is -1.99. The second kappa shape index (κ2) is 7.00. The first kappa shape index (κ1) is 16.4. The molecular weight excluding hydrogens is 372 g/mol. The number of nitrogens with zero attached hydrogens (tertiary/aromatic N) is 2. The fourth-order valence-corrected chi connectivity index (χ4v) is 5.43. The zero-order valence-corrected chi connectivity index (χ0v) is 14.9. The number of hydrogen-bond acceptors (Lipinski definition) is 6. The smallest absolute Gasteiger partial charge is 0.216 e. The van der Waals surface area contributed by atoms with Crippen molar-refractivity contribution in [2.75, 3.05) is 0 Å². The largest absolute Gasteiger partial charge is 0.238 e. The monoisotopic (exact) mass is 382 g/mol. The van der Waals surface area contributed by atoms with E-state index in [9.17, 15) is 8.42 Å². The number of rotatable bonds is 5. The summed E-state index contributed by atoms with van der Waals surface area (Å²) in [5, 5.41) is 8.28. The van der Waals surface area contributed by atoms with Gasteiger partial charge in [0, 0.05) is 10.8 Å². The van der Waals surface area contributed by atoms with Gasteiger partial charge in [-0.1, -0.05) is 65.0 Å². The van der Waals surface area contributed by atoms with Gasteiger partial charge in [-0.3, -0.25) is 0 Å². The van der Waals surface area contributed by atoms with Crippen LogP contribution in [0, 0.1) is 0 Å². The predicted octanol–water partition coefficient (Wildman–Crippen LogP) is 4.32. The molecule has 3 rings (SSSR count). The molecule has 118 valence electrons. The minimum Gasteiger partial charge on any atom is -0.216 e. The first-order valence-corrected chi connectivity index (χ1v) is 10.2. The highest BCUT2D eigenvalue weighted by Crippen LogP contribution is 2.31. The normalized spacial score (nSPS) is 11.5. The van der Waals surface area contributed by atoms with Crippen LogP contribution in [0.25, 0.3) is 0 Å². The first-order chi connectivity index (χ1) is 11.1. The average molecular weight is 383 g/mol. The van der Waals surface area contributed by atoms with Gasteiger partial charge in [0.1, 0.15) is 0 Å². The lowest BCUT2D eigenvalue weighted by atomic mass is 10.2. The molecule has 2 aromatic carbocycles. The van der Waals surface area contributed by atoms with Crippen molar-refractivity contribution in [3.63, 3.8) is 0 Å². The summed E-state index contributed by atoms with van der Waals surface area (Å²) >= 11 is 8.33. The summed E-state index contributed by atoms with van der Waals surface area (Å²) in [6.07, 6.45) is 0. The van der Waals surface area contributed by atoms with Crippen LogP contribution >= 0.6 is 34.7 Å². The van der Waals surface area contributed by atoms with Gasteiger partial charge in [0.05, 0.1) is 4.90 Å². The molecule has 0 bridgehead atoms. The number of hydrogen-bond donors (Lipinski definition) is 0. The zero-order chi connectivity index (χ0) is 16.3. The van der Waals surface area contributed by atoms with Crippen LogP contribution in [0.2, 0.25) is 5.02 Å². The standard InChI is InChI=1S/C15H11ClN2O2S3/c16-12-6-8-13(9-7-12)23(19,20)15-18-17-14(22-15)21-10-11-4-2-1-3-5-11/h1-9H,10H2. The maximum atomic E-state index is 12.5. The minimum atomic E-state index is -3.64. The van der Waals surface area contributed by atoms with Gasteiger partial charge in [0.25, 0.3) is 0 Å². The van der Waals surface area contributed by atoms with Crippen molar-refractivity contribution in [1.82, 2.24) is 10.2 Å². The Balaban J connectivity index is 1.77. The molecule has 0 amide bonds. The van der Waals surface area contributed by atoms with Crippen molar-refractivity contribution in [3.05, 3.63) is 65.2 Å². The van der Waals surface area contributed by atoms with Gasteiger partial charge < -0.3 is 0 Å². The van der Waals surface area contributed by atoms with E-state index in [2.05, 4.69) is 10.2 Å². The van der Waals surface area contributed by atoms with Gasteiger partial charge in [-0.25, -0.2) is 8.42 Å². The van der Waals surface area contributed by atoms with Crippen molar-refractivity contribution in [2.24, 2.45) is 0 Å². The lowest BCUT2D eigenvalue weighted by molar-refractivity contribution is 0.594. The Kier molecular flexibility index (Phi) is 5.01. The molecule has 23 heavy (non-hydrogen) atoms. The van der Waals surface area contributed by atoms with Crippen molar-refractivity contribution >= 4 is 44.5 Å². The van der Waals surface area contributed by atoms with E-state index in [0.29, 0.717) is 9.36 Å². The molecule has 0 aliphatic carbocycles. The van der Waals surface area contributed by atoms with Gasteiger partial charge in [-0.2, -0.15) is 0 Å². The molecule has 0 N–H and O–H groups in total. The highest BCUT2D eigenvalue weighted by molar-refractivity contribution is 8.00. The Morgan fingerprint density at radius 3 is 2.39 bits per heavy atom. The van der Waals surface area contributed by atoms with Crippen LogP contribution in [0.15, 0.2) is 68.2 Å². The van der Waals surface area contributed by atoms with Crippen LogP contribution in [0.5, 0.6) is 0 Å². The zero-order valence-electron chi connectivity index (χ0n) is 11.7. The maximum absolute atomic E-state index is 12.5. The Hall–Kier alpha value is -1.41. The van der Waals surface area contributed by atoms with Crippen LogP contribution in [0.4, 0.5) is 0 Å². The molecule has 0 radical (unpaired) electrons. The molecule has 1 aromatic heterocycles. The molecule has 4 nitrogen and oxygen atoms in total. The summed E-state index contributed by atoms with van der Waals surface area (Å²) in [7, 11) is -3.64. The van der Waals surface area contributed by atoms with Crippen LogP contribution in [-0.2, 0) is 15.6 Å². The molecule has 0 unspecified atom stereocenters. The SMILES string of the molecule is O=S(=O)(c1ccc(Cl)cc1)c1nnc(SCc2ccccc2)s1. The number of benzene rings is 2. The molecule has 0 spiro atoms. The lowest BCUT2D eigenvalue weighted by Crippen LogP contribution is -2.01. The molecule has 8 heteroatoms. The fourth-order valence-electron chi connectivity index (χ4n) is 1.80. The van der Waals surface area contributed by atoms with Crippen molar-refractivity contribution in [1.29, 1.82) is 0 Å². The van der Waals surface area contributed by atoms with Crippen molar-refractivity contribution in [2.45, 2.75) is 19.3 Å². The number of sulfone groups is 1. The van der Waals surface area contributed by atoms with Crippen LogP contribution < -0.4 is 0 Å². The van der Waals surface area contributed by atoms with Crippen molar-refractivity contribution < 1.29 is 8.42 Å². The van der Waals surface area contributed by atoms with Crippen molar-refractivity contribution in [3.8, 4) is 0 Å². The van der Waals surface area contributed by atoms with Gasteiger partial charge in [0.2, 0.25) is 14.2 Å². The van der Waals surface area contributed by atoms with E-state index in [1.54, 1.807) is 12.1 Å².